The van der Waals surface area contributed by atoms with Gasteiger partial charge in [-0.3, -0.25) is 9.59 Å². The lowest BCUT2D eigenvalue weighted by molar-refractivity contribution is -0.120. The summed E-state index contributed by atoms with van der Waals surface area (Å²) in [4.78, 5) is 27.8. The Morgan fingerprint density at radius 2 is 1.48 bits per heavy atom. The second-order valence-corrected chi connectivity index (χ2v) is 7.10. The Kier molecular flexibility index (Phi) is 5.19. The van der Waals surface area contributed by atoms with Crippen LogP contribution in [0.4, 0.5) is 11.4 Å². The summed E-state index contributed by atoms with van der Waals surface area (Å²) in [6.45, 7) is 2.08. The van der Waals surface area contributed by atoms with Crippen molar-refractivity contribution in [2.45, 2.75) is 13.3 Å². The third kappa shape index (κ3) is 3.55. The molecule has 0 unspecified atom stereocenters. The average Bonchev–Trinajstić information content (AvgIpc) is 2.99. The molecule has 29 heavy (non-hydrogen) atoms. The van der Waals surface area contributed by atoms with E-state index in [4.69, 9.17) is 11.6 Å². The van der Waals surface area contributed by atoms with Gasteiger partial charge in [-0.1, -0.05) is 73.1 Å². The van der Waals surface area contributed by atoms with E-state index in [0.29, 0.717) is 21.8 Å². The molecule has 0 aromatic heterocycles. The number of carbonyl (C=O) groups is 2. The Hall–Kier alpha value is -3.37. The van der Waals surface area contributed by atoms with Crippen molar-refractivity contribution in [3.63, 3.8) is 0 Å². The minimum Gasteiger partial charge on any atom is -0.350 e. The molecule has 0 bridgehead atoms. The van der Waals surface area contributed by atoms with Crippen LogP contribution >= 0.6 is 11.6 Å². The van der Waals surface area contributed by atoms with Crippen molar-refractivity contribution < 1.29 is 9.59 Å². The first kappa shape index (κ1) is 19.0. The monoisotopic (exact) mass is 402 g/mol. The molecule has 5 heteroatoms. The van der Waals surface area contributed by atoms with Gasteiger partial charge in [-0.25, -0.2) is 4.90 Å². The quantitative estimate of drug-likeness (QED) is 0.589. The van der Waals surface area contributed by atoms with E-state index in [9.17, 15) is 9.59 Å². The molecule has 4 nitrogen and oxygen atoms in total. The zero-order valence-electron chi connectivity index (χ0n) is 15.9. The molecule has 144 valence electrons. The Bertz CT molecular complexity index is 1110. The van der Waals surface area contributed by atoms with E-state index >= 15 is 0 Å². The van der Waals surface area contributed by atoms with Crippen molar-refractivity contribution in [1.29, 1.82) is 0 Å². The Morgan fingerprint density at radius 1 is 0.828 bits per heavy atom. The van der Waals surface area contributed by atoms with E-state index in [0.717, 1.165) is 17.0 Å². The summed E-state index contributed by atoms with van der Waals surface area (Å²) in [5.74, 6) is -0.830. The van der Waals surface area contributed by atoms with Crippen LogP contribution in [-0.4, -0.2) is 11.8 Å². The number of rotatable bonds is 5. The van der Waals surface area contributed by atoms with Gasteiger partial charge in [-0.2, -0.15) is 0 Å². The lowest BCUT2D eigenvalue weighted by Gasteiger charge is -2.16. The fraction of sp³-hybridized carbons (Fsp3) is 0.0833. The summed E-state index contributed by atoms with van der Waals surface area (Å²) < 4.78 is 0. The number of hydrogen-bond acceptors (Lipinski definition) is 3. The predicted octanol–water partition coefficient (Wildman–Crippen LogP) is 5.30. The summed E-state index contributed by atoms with van der Waals surface area (Å²) in [6, 6.07) is 23.8. The van der Waals surface area contributed by atoms with Crippen LogP contribution in [-0.2, 0) is 16.0 Å². The van der Waals surface area contributed by atoms with Gasteiger partial charge in [-0.05, 0) is 41.8 Å². The summed E-state index contributed by atoms with van der Waals surface area (Å²) in [5.41, 5.74) is 3.55. The maximum Gasteiger partial charge on any atom is 0.282 e. The van der Waals surface area contributed by atoms with Crippen molar-refractivity contribution in [2.75, 3.05) is 10.2 Å². The van der Waals surface area contributed by atoms with Crippen LogP contribution in [0.3, 0.4) is 0 Å². The molecule has 0 saturated heterocycles. The smallest absolute Gasteiger partial charge is 0.282 e. The SMILES string of the molecule is CCc1ccc(NC2=C(c3ccccc3)C(=O)N(c3ccccc3Cl)C2=O)cc1. The van der Waals surface area contributed by atoms with Gasteiger partial charge in [0, 0.05) is 5.69 Å². The number of hydrogen-bond donors (Lipinski definition) is 1. The number of benzene rings is 3. The first-order chi connectivity index (χ1) is 14.1. The molecular formula is C24H19ClN2O2. The third-order valence-corrected chi connectivity index (χ3v) is 5.19. The van der Waals surface area contributed by atoms with E-state index in [2.05, 4.69) is 12.2 Å². The standard InChI is InChI=1S/C24H19ClN2O2/c1-2-16-12-14-18(15-13-16)26-22-21(17-8-4-3-5-9-17)23(28)27(24(22)29)20-11-7-6-10-19(20)25/h3-15,26H,2H2,1H3. The normalized spacial score (nSPS) is 13.9. The molecule has 0 saturated carbocycles. The highest BCUT2D eigenvalue weighted by atomic mass is 35.5. The Balaban J connectivity index is 1.80. The van der Waals surface area contributed by atoms with Gasteiger partial charge in [0.1, 0.15) is 5.70 Å². The van der Waals surface area contributed by atoms with E-state index in [-0.39, 0.29) is 5.70 Å². The summed E-state index contributed by atoms with van der Waals surface area (Å²) in [6.07, 6.45) is 0.927. The van der Waals surface area contributed by atoms with Gasteiger partial charge in [-0.15, -0.1) is 0 Å². The van der Waals surface area contributed by atoms with Crippen molar-refractivity contribution in [3.05, 3.63) is 101 Å². The van der Waals surface area contributed by atoms with Gasteiger partial charge >= 0.3 is 0 Å². The molecule has 4 rings (SSSR count). The number of imide groups is 1. The number of para-hydroxylation sites is 1. The molecule has 1 aliphatic rings. The molecule has 0 spiro atoms. The second kappa shape index (κ2) is 7.94. The number of nitrogens with one attached hydrogen (secondary N) is 1. The maximum atomic E-state index is 13.3. The number of nitrogens with zero attached hydrogens (tertiary/aromatic N) is 1. The van der Waals surface area contributed by atoms with Gasteiger partial charge in [0.2, 0.25) is 0 Å². The number of carbonyl (C=O) groups excluding carboxylic acids is 2. The summed E-state index contributed by atoms with van der Waals surface area (Å²) in [7, 11) is 0. The van der Waals surface area contributed by atoms with Crippen LogP contribution < -0.4 is 10.2 Å². The predicted molar refractivity (Wildman–Crippen MR) is 117 cm³/mol. The molecule has 1 heterocycles. The van der Waals surface area contributed by atoms with Crippen LogP contribution in [0.5, 0.6) is 0 Å². The third-order valence-electron chi connectivity index (χ3n) is 4.87. The first-order valence-electron chi connectivity index (χ1n) is 9.39. The average molecular weight is 403 g/mol. The van der Waals surface area contributed by atoms with Crippen LogP contribution in [0.1, 0.15) is 18.1 Å². The van der Waals surface area contributed by atoms with Gasteiger partial charge in [0.15, 0.2) is 0 Å². The molecule has 2 amide bonds. The lowest BCUT2D eigenvalue weighted by atomic mass is 10.0. The zero-order chi connectivity index (χ0) is 20.4. The lowest BCUT2D eigenvalue weighted by Crippen LogP contribution is -2.32. The minimum absolute atomic E-state index is 0.241. The van der Waals surface area contributed by atoms with Gasteiger partial charge in [0.05, 0.1) is 16.3 Å². The minimum atomic E-state index is -0.429. The highest BCUT2D eigenvalue weighted by molar-refractivity contribution is 6.48. The molecule has 3 aromatic rings. The van der Waals surface area contributed by atoms with Crippen molar-refractivity contribution >= 4 is 40.4 Å². The summed E-state index contributed by atoms with van der Waals surface area (Å²) >= 11 is 6.28. The highest BCUT2D eigenvalue weighted by Gasteiger charge is 2.40. The van der Waals surface area contributed by atoms with Gasteiger partial charge in [0.25, 0.3) is 11.8 Å². The largest absolute Gasteiger partial charge is 0.350 e. The fourth-order valence-electron chi connectivity index (χ4n) is 3.34. The molecule has 0 aliphatic carbocycles. The topological polar surface area (TPSA) is 49.4 Å². The maximum absolute atomic E-state index is 13.3. The molecule has 1 N–H and O–H groups in total. The molecule has 3 aromatic carbocycles. The van der Waals surface area contributed by atoms with Crippen LogP contribution in [0, 0.1) is 0 Å². The first-order valence-corrected chi connectivity index (χ1v) is 9.77. The highest BCUT2D eigenvalue weighted by Crippen LogP contribution is 2.36. The number of aryl methyl sites for hydroxylation is 1. The molecule has 0 fully saturated rings. The molecule has 1 aliphatic heterocycles. The number of anilines is 2. The molecule has 0 radical (unpaired) electrons. The van der Waals surface area contributed by atoms with E-state index in [1.165, 1.54) is 5.56 Å². The van der Waals surface area contributed by atoms with Crippen LogP contribution in [0.15, 0.2) is 84.6 Å². The number of halogens is 1. The fourth-order valence-corrected chi connectivity index (χ4v) is 3.56. The zero-order valence-corrected chi connectivity index (χ0v) is 16.6. The van der Waals surface area contributed by atoms with Gasteiger partial charge < -0.3 is 5.32 Å². The summed E-state index contributed by atoms with van der Waals surface area (Å²) in [5, 5.41) is 3.51. The van der Waals surface area contributed by atoms with E-state index in [1.807, 2.05) is 54.6 Å². The Morgan fingerprint density at radius 3 is 2.14 bits per heavy atom. The van der Waals surface area contributed by atoms with Crippen molar-refractivity contribution in [1.82, 2.24) is 0 Å². The second-order valence-electron chi connectivity index (χ2n) is 6.69. The van der Waals surface area contributed by atoms with E-state index < -0.39 is 11.8 Å². The van der Waals surface area contributed by atoms with Crippen LogP contribution in [0.25, 0.3) is 5.57 Å². The molecule has 0 atom stereocenters. The van der Waals surface area contributed by atoms with Crippen molar-refractivity contribution in [2.24, 2.45) is 0 Å². The van der Waals surface area contributed by atoms with Crippen molar-refractivity contribution in [3.8, 4) is 0 Å². The molecular weight excluding hydrogens is 384 g/mol. The number of amides is 2. The van der Waals surface area contributed by atoms with Crippen LogP contribution in [0.2, 0.25) is 5.02 Å². The Labute approximate surface area is 174 Å². The van der Waals surface area contributed by atoms with E-state index in [1.54, 1.807) is 24.3 Å².